The lowest BCUT2D eigenvalue weighted by atomic mass is 9.98. The Morgan fingerprint density at radius 2 is 2.24 bits per heavy atom. The highest BCUT2D eigenvalue weighted by atomic mass is 16.5. The number of ether oxygens (including phenoxy) is 1. The van der Waals surface area contributed by atoms with E-state index < -0.39 is 0 Å². The van der Waals surface area contributed by atoms with Crippen molar-refractivity contribution in [3.8, 4) is 5.75 Å². The highest BCUT2D eigenvalue weighted by Gasteiger charge is 2.24. The van der Waals surface area contributed by atoms with Gasteiger partial charge in [0.05, 0.1) is 6.20 Å². The standard InChI is InChI=1S/C20H24N2O3/c1-15-7-8-19(11-21-15)25-14-16-4-2-6-18(10-16)20(24)22-9-3-5-17(12-22)13-23/h2,4,6-8,10-11,17,23H,3,5,9,12-14H2,1H3. The van der Waals surface area contributed by atoms with E-state index in [9.17, 15) is 9.90 Å². The number of amides is 1. The number of rotatable bonds is 5. The number of pyridine rings is 1. The summed E-state index contributed by atoms with van der Waals surface area (Å²) in [6.07, 6.45) is 3.63. The summed E-state index contributed by atoms with van der Waals surface area (Å²) >= 11 is 0. The zero-order valence-electron chi connectivity index (χ0n) is 14.5. The van der Waals surface area contributed by atoms with Crippen LogP contribution in [0.1, 0.15) is 34.5 Å². The summed E-state index contributed by atoms with van der Waals surface area (Å²) in [7, 11) is 0. The molecule has 0 radical (unpaired) electrons. The molecule has 0 spiro atoms. The quantitative estimate of drug-likeness (QED) is 0.909. The van der Waals surface area contributed by atoms with Crippen LogP contribution in [0, 0.1) is 12.8 Å². The average molecular weight is 340 g/mol. The van der Waals surface area contributed by atoms with Gasteiger partial charge in [0.1, 0.15) is 12.4 Å². The molecule has 0 saturated carbocycles. The second-order valence-electron chi connectivity index (χ2n) is 6.57. The van der Waals surface area contributed by atoms with E-state index in [4.69, 9.17) is 4.74 Å². The number of carbonyl (C=O) groups is 1. The molecule has 2 aromatic rings. The fourth-order valence-electron chi connectivity index (χ4n) is 3.08. The number of hydrogen-bond donors (Lipinski definition) is 1. The molecule has 0 bridgehead atoms. The molecule has 1 aromatic carbocycles. The first-order valence-corrected chi connectivity index (χ1v) is 8.70. The van der Waals surface area contributed by atoms with Gasteiger partial charge in [-0.05, 0) is 55.5 Å². The van der Waals surface area contributed by atoms with Gasteiger partial charge in [-0.1, -0.05) is 12.1 Å². The fourth-order valence-corrected chi connectivity index (χ4v) is 3.08. The number of hydrogen-bond acceptors (Lipinski definition) is 4. The summed E-state index contributed by atoms with van der Waals surface area (Å²) in [4.78, 5) is 18.8. The van der Waals surface area contributed by atoms with E-state index in [1.807, 2.05) is 48.2 Å². The third-order valence-electron chi connectivity index (χ3n) is 4.53. The molecule has 25 heavy (non-hydrogen) atoms. The van der Waals surface area contributed by atoms with Gasteiger partial charge < -0.3 is 14.7 Å². The number of nitrogens with zero attached hydrogens (tertiary/aromatic N) is 2. The minimum Gasteiger partial charge on any atom is -0.487 e. The Morgan fingerprint density at radius 3 is 3.00 bits per heavy atom. The molecule has 3 rings (SSSR count). The minimum atomic E-state index is 0.0250. The maximum Gasteiger partial charge on any atom is 0.253 e. The number of aromatic nitrogens is 1. The maximum atomic E-state index is 12.7. The Labute approximate surface area is 148 Å². The van der Waals surface area contributed by atoms with Crippen molar-refractivity contribution in [3.05, 3.63) is 59.4 Å². The summed E-state index contributed by atoms with van der Waals surface area (Å²) in [5.74, 6) is 0.930. The number of aryl methyl sites for hydroxylation is 1. The van der Waals surface area contributed by atoms with Gasteiger partial charge in [0.15, 0.2) is 0 Å². The molecule has 1 unspecified atom stereocenters. The smallest absolute Gasteiger partial charge is 0.253 e. The predicted molar refractivity (Wildman–Crippen MR) is 95.5 cm³/mol. The molecule has 1 saturated heterocycles. The van der Waals surface area contributed by atoms with Gasteiger partial charge in [0, 0.05) is 31.0 Å². The van der Waals surface area contributed by atoms with E-state index in [0.717, 1.165) is 30.6 Å². The molecule has 132 valence electrons. The number of benzene rings is 1. The zero-order valence-corrected chi connectivity index (χ0v) is 14.5. The lowest BCUT2D eigenvalue weighted by Crippen LogP contribution is -2.40. The van der Waals surface area contributed by atoms with Gasteiger partial charge in [0.25, 0.3) is 5.91 Å². The molecule has 1 amide bonds. The summed E-state index contributed by atoms with van der Waals surface area (Å²) < 4.78 is 5.74. The van der Waals surface area contributed by atoms with Gasteiger partial charge in [-0.2, -0.15) is 0 Å². The summed E-state index contributed by atoms with van der Waals surface area (Å²) in [6, 6.07) is 11.3. The van der Waals surface area contributed by atoms with E-state index in [-0.39, 0.29) is 18.4 Å². The number of carbonyl (C=O) groups excluding carboxylic acids is 1. The molecule has 1 atom stereocenters. The van der Waals surface area contributed by atoms with Crippen molar-refractivity contribution in [2.75, 3.05) is 19.7 Å². The molecule has 1 fully saturated rings. The van der Waals surface area contributed by atoms with Crippen LogP contribution >= 0.6 is 0 Å². The van der Waals surface area contributed by atoms with Crippen LogP contribution in [0.4, 0.5) is 0 Å². The molecule has 1 aromatic heterocycles. The van der Waals surface area contributed by atoms with E-state index >= 15 is 0 Å². The van der Waals surface area contributed by atoms with Crippen molar-refractivity contribution in [2.24, 2.45) is 5.92 Å². The topological polar surface area (TPSA) is 62.7 Å². The highest BCUT2D eigenvalue weighted by molar-refractivity contribution is 5.94. The Bertz CT molecular complexity index is 715. The van der Waals surface area contributed by atoms with E-state index in [2.05, 4.69) is 4.98 Å². The van der Waals surface area contributed by atoms with Crippen LogP contribution in [0.5, 0.6) is 5.75 Å². The largest absolute Gasteiger partial charge is 0.487 e. The Balaban J connectivity index is 1.64. The first-order valence-electron chi connectivity index (χ1n) is 8.70. The van der Waals surface area contributed by atoms with Crippen LogP contribution in [0.15, 0.2) is 42.6 Å². The monoisotopic (exact) mass is 340 g/mol. The first-order chi connectivity index (χ1) is 12.2. The fraction of sp³-hybridized carbons (Fsp3) is 0.400. The van der Waals surface area contributed by atoms with Crippen molar-refractivity contribution in [2.45, 2.75) is 26.4 Å². The summed E-state index contributed by atoms with van der Waals surface area (Å²) in [5.41, 5.74) is 2.56. The van der Waals surface area contributed by atoms with Crippen LogP contribution in [-0.2, 0) is 6.61 Å². The van der Waals surface area contributed by atoms with E-state index in [0.29, 0.717) is 24.5 Å². The predicted octanol–water partition coefficient (Wildman–Crippen LogP) is 2.81. The van der Waals surface area contributed by atoms with Crippen molar-refractivity contribution in [1.82, 2.24) is 9.88 Å². The Hall–Kier alpha value is -2.40. The zero-order chi connectivity index (χ0) is 17.6. The second-order valence-corrected chi connectivity index (χ2v) is 6.57. The molecule has 5 heteroatoms. The van der Waals surface area contributed by atoms with Gasteiger partial charge >= 0.3 is 0 Å². The van der Waals surface area contributed by atoms with Crippen molar-refractivity contribution >= 4 is 5.91 Å². The van der Waals surface area contributed by atoms with Gasteiger partial charge in [-0.25, -0.2) is 0 Å². The summed E-state index contributed by atoms with van der Waals surface area (Å²) in [6.45, 7) is 3.85. The van der Waals surface area contributed by atoms with Crippen molar-refractivity contribution in [3.63, 3.8) is 0 Å². The summed E-state index contributed by atoms with van der Waals surface area (Å²) in [5, 5.41) is 9.34. The maximum absolute atomic E-state index is 12.7. The van der Waals surface area contributed by atoms with E-state index in [1.54, 1.807) is 6.20 Å². The lowest BCUT2D eigenvalue weighted by Gasteiger charge is -2.32. The Morgan fingerprint density at radius 1 is 1.36 bits per heavy atom. The molecule has 1 aliphatic heterocycles. The van der Waals surface area contributed by atoms with Crippen LogP contribution in [-0.4, -0.2) is 40.6 Å². The normalized spacial score (nSPS) is 17.4. The lowest BCUT2D eigenvalue weighted by molar-refractivity contribution is 0.0620. The highest BCUT2D eigenvalue weighted by Crippen LogP contribution is 2.19. The third kappa shape index (κ3) is 4.57. The van der Waals surface area contributed by atoms with Gasteiger partial charge in [-0.3, -0.25) is 9.78 Å². The number of likely N-dealkylation sites (tertiary alicyclic amines) is 1. The minimum absolute atomic E-state index is 0.0250. The number of aliphatic hydroxyl groups excluding tert-OH is 1. The average Bonchev–Trinajstić information content (AvgIpc) is 2.67. The molecular weight excluding hydrogens is 316 g/mol. The van der Waals surface area contributed by atoms with Gasteiger partial charge in [-0.15, -0.1) is 0 Å². The van der Waals surface area contributed by atoms with Crippen LogP contribution < -0.4 is 4.74 Å². The Kier molecular flexibility index (Phi) is 5.66. The molecule has 1 N–H and O–H groups in total. The molecule has 1 aliphatic rings. The molecular formula is C20H24N2O3. The second kappa shape index (κ2) is 8.12. The number of aliphatic hydroxyl groups is 1. The molecule has 5 nitrogen and oxygen atoms in total. The first kappa shape index (κ1) is 17.4. The van der Waals surface area contributed by atoms with Crippen LogP contribution in [0.2, 0.25) is 0 Å². The van der Waals surface area contributed by atoms with Crippen molar-refractivity contribution in [1.29, 1.82) is 0 Å². The van der Waals surface area contributed by atoms with E-state index in [1.165, 1.54) is 0 Å². The van der Waals surface area contributed by atoms with Crippen LogP contribution in [0.25, 0.3) is 0 Å². The number of piperidine rings is 1. The third-order valence-corrected chi connectivity index (χ3v) is 4.53. The van der Waals surface area contributed by atoms with Crippen LogP contribution in [0.3, 0.4) is 0 Å². The van der Waals surface area contributed by atoms with Crippen molar-refractivity contribution < 1.29 is 14.6 Å². The SMILES string of the molecule is Cc1ccc(OCc2cccc(C(=O)N3CCCC(CO)C3)c2)cn1. The molecule has 2 heterocycles. The van der Waals surface area contributed by atoms with Gasteiger partial charge in [0.2, 0.25) is 0 Å². The molecule has 0 aliphatic carbocycles.